The smallest absolute Gasteiger partial charge is 0.374 e. The van der Waals surface area contributed by atoms with Crippen molar-refractivity contribution in [3.8, 4) is 6.07 Å². The Hall–Kier alpha value is -1.54. The SMILES string of the molecule is N#C[C@@H](O)c1ccccc1C(F)(F)F. The molecular formula is C9H6F3NO. The summed E-state index contributed by atoms with van der Waals surface area (Å²) >= 11 is 0. The number of nitriles is 1. The minimum absolute atomic E-state index is 0.414. The first-order valence-electron chi connectivity index (χ1n) is 3.70. The van der Waals surface area contributed by atoms with Gasteiger partial charge in [-0.05, 0) is 6.07 Å². The fourth-order valence-corrected chi connectivity index (χ4v) is 1.06. The van der Waals surface area contributed by atoms with Crippen LogP contribution in [0.2, 0.25) is 0 Å². The van der Waals surface area contributed by atoms with Crippen LogP contribution >= 0.6 is 0 Å². The highest BCUT2D eigenvalue weighted by atomic mass is 19.4. The third kappa shape index (κ3) is 2.03. The van der Waals surface area contributed by atoms with Crippen molar-refractivity contribution < 1.29 is 18.3 Å². The molecule has 0 saturated heterocycles. The first kappa shape index (κ1) is 10.5. The lowest BCUT2D eigenvalue weighted by Gasteiger charge is -2.12. The van der Waals surface area contributed by atoms with Crippen LogP contribution < -0.4 is 0 Å². The number of nitrogens with zero attached hydrogens (tertiary/aromatic N) is 1. The largest absolute Gasteiger partial charge is 0.416 e. The summed E-state index contributed by atoms with van der Waals surface area (Å²) in [6.07, 6.45) is -6.29. The second-order valence-electron chi connectivity index (χ2n) is 2.62. The van der Waals surface area contributed by atoms with Crippen molar-refractivity contribution in [2.24, 2.45) is 0 Å². The lowest BCUT2D eigenvalue weighted by Crippen LogP contribution is -2.11. The van der Waals surface area contributed by atoms with E-state index in [0.717, 1.165) is 12.1 Å². The van der Waals surface area contributed by atoms with Crippen LogP contribution in [0.5, 0.6) is 0 Å². The Morgan fingerprint density at radius 1 is 1.29 bits per heavy atom. The normalized spacial score (nSPS) is 13.4. The molecule has 0 aliphatic rings. The number of halogens is 3. The van der Waals surface area contributed by atoms with Gasteiger partial charge in [0.25, 0.3) is 0 Å². The van der Waals surface area contributed by atoms with Crippen LogP contribution in [0.25, 0.3) is 0 Å². The van der Waals surface area contributed by atoms with Crippen LogP contribution in [0.3, 0.4) is 0 Å². The highest BCUT2D eigenvalue weighted by Crippen LogP contribution is 2.34. The van der Waals surface area contributed by atoms with Crippen LogP contribution in [0.4, 0.5) is 13.2 Å². The molecule has 0 bridgehead atoms. The zero-order valence-corrected chi connectivity index (χ0v) is 6.92. The van der Waals surface area contributed by atoms with Crippen LogP contribution in [0.15, 0.2) is 24.3 Å². The molecule has 0 aromatic heterocycles. The summed E-state index contributed by atoms with van der Waals surface area (Å²) < 4.78 is 37.0. The quantitative estimate of drug-likeness (QED) is 0.708. The molecule has 0 fully saturated rings. The van der Waals surface area contributed by atoms with Gasteiger partial charge in [0.2, 0.25) is 0 Å². The predicted molar refractivity (Wildman–Crippen MR) is 42.0 cm³/mol. The van der Waals surface area contributed by atoms with Gasteiger partial charge in [-0.15, -0.1) is 0 Å². The van der Waals surface area contributed by atoms with Crippen LogP contribution in [-0.4, -0.2) is 5.11 Å². The summed E-state index contributed by atoms with van der Waals surface area (Å²) in [4.78, 5) is 0. The van der Waals surface area contributed by atoms with Crippen molar-refractivity contribution in [3.05, 3.63) is 35.4 Å². The van der Waals surface area contributed by atoms with E-state index in [-0.39, 0.29) is 0 Å². The predicted octanol–water partition coefficient (Wildman–Crippen LogP) is 2.26. The van der Waals surface area contributed by atoms with Gasteiger partial charge in [0.1, 0.15) is 0 Å². The Morgan fingerprint density at radius 2 is 1.86 bits per heavy atom. The zero-order valence-electron chi connectivity index (χ0n) is 6.92. The Labute approximate surface area is 78.2 Å². The van der Waals surface area contributed by atoms with E-state index >= 15 is 0 Å². The molecule has 2 nitrogen and oxygen atoms in total. The number of hydrogen-bond donors (Lipinski definition) is 1. The average Bonchev–Trinajstić information content (AvgIpc) is 2.15. The van der Waals surface area contributed by atoms with Gasteiger partial charge in [0, 0.05) is 5.56 Å². The summed E-state index contributed by atoms with van der Waals surface area (Å²) in [6.45, 7) is 0. The Bertz CT molecular complexity index is 367. The maximum absolute atomic E-state index is 12.3. The van der Waals surface area contributed by atoms with Gasteiger partial charge in [0.15, 0.2) is 6.10 Å². The van der Waals surface area contributed by atoms with Crippen molar-refractivity contribution in [2.45, 2.75) is 12.3 Å². The number of alkyl halides is 3. The monoisotopic (exact) mass is 201 g/mol. The molecular weight excluding hydrogens is 195 g/mol. The van der Waals surface area contributed by atoms with E-state index in [9.17, 15) is 13.2 Å². The molecule has 1 rings (SSSR count). The van der Waals surface area contributed by atoms with Crippen molar-refractivity contribution in [1.29, 1.82) is 5.26 Å². The van der Waals surface area contributed by atoms with Crippen LogP contribution in [-0.2, 0) is 6.18 Å². The molecule has 5 heteroatoms. The molecule has 74 valence electrons. The van der Waals surface area contributed by atoms with E-state index in [1.807, 2.05) is 0 Å². The van der Waals surface area contributed by atoms with Gasteiger partial charge in [-0.1, -0.05) is 18.2 Å². The Morgan fingerprint density at radius 3 is 2.36 bits per heavy atom. The molecule has 1 aromatic carbocycles. The third-order valence-electron chi connectivity index (χ3n) is 1.68. The molecule has 0 aliphatic heterocycles. The van der Waals surface area contributed by atoms with Gasteiger partial charge in [-0.3, -0.25) is 0 Å². The summed E-state index contributed by atoms with van der Waals surface area (Å²) in [7, 11) is 0. The molecule has 1 aromatic rings. The molecule has 0 saturated carbocycles. The highest BCUT2D eigenvalue weighted by molar-refractivity contribution is 5.33. The first-order chi connectivity index (χ1) is 6.46. The summed E-state index contributed by atoms with van der Waals surface area (Å²) in [6, 6.07) is 5.80. The number of rotatable bonds is 1. The fourth-order valence-electron chi connectivity index (χ4n) is 1.06. The topological polar surface area (TPSA) is 44.0 Å². The molecule has 0 aliphatic carbocycles. The number of aliphatic hydroxyl groups excluding tert-OH is 1. The van der Waals surface area contributed by atoms with Gasteiger partial charge < -0.3 is 5.11 Å². The average molecular weight is 201 g/mol. The second-order valence-corrected chi connectivity index (χ2v) is 2.62. The van der Waals surface area contributed by atoms with Gasteiger partial charge >= 0.3 is 6.18 Å². The summed E-state index contributed by atoms with van der Waals surface area (Å²) in [5, 5.41) is 17.3. The lowest BCUT2D eigenvalue weighted by molar-refractivity contribution is -0.138. The molecule has 1 N–H and O–H groups in total. The van der Waals surface area contributed by atoms with Crippen molar-refractivity contribution in [3.63, 3.8) is 0 Å². The van der Waals surface area contributed by atoms with Gasteiger partial charge in [0.05, 0.1) is 11.6 Å². The van der Waals surface area contributed by atoms with Crippen molar-refractivity contribution in [2.75, 3.05) is 0 Å². The van der Waals surface area contributed by atoms with E-state index in [2.05, 4.69) is 0 Å². The molecule has 1 atom stereocenters. The number of aliphatic hydroxyl groups is 1. The molecule has 0 heterocycles. The second kappa shape index (κ2) is 3.68. The first-order valence-corrected chi connectivity index (χ1v) is 3.70. The molecule has 0 amide bonds. The lowest BCUT2D eigenvalue weighted by atomic mass is 10.0. The number of benzene rings is 1. The standard InChI is InChI=1S/C9H6F3NO/c10-9(11,12)7-4-2-1-3-6(7)8(14)5-13/h1-4,8,14H/t8-/m1/s1. The minimum atomic E-state index is -4.55. The van der Waals surface area contributed by atoms with Gasteiger partial charge in [-0.2, -0.15) is 18.4 Å². The fraction of sp³-hybridized carbons (Fsp3) is 0.222. The molecule has 0 radical (unpaired) electrons. The van der Waals surface area contributed by atoms with E-state index in [0.29, 0.717) is 0 Å². The maximum Gasteiger partial charge on any atom is 0.416 e. The van der Waals surface area contributed by atoms with Crippen molar-refractivity contribution in [1.82, 2.24) is 0 Å². The zero-order chi connectivity index (χ0) is 10.8. The van der Waals surface area contributed by atoms with E-state index < -0.39 is 23.4 Å². The van der Waals surface area contributed by atoms with Crippen molar-refractivity contribution >= 4 is 0 Å². The third-order valence-corrected chi connectivity index (χ3v) is 1.68. The van der Waals surface area contributed by atoms with E-state index in [1.165, 1.54) is 18.2 Å². The molecule has 0 spiro atoms. The van der Waals surface area contributed by atoms with Crippen LogP contribution in [0.1, 0.15) is 17.2 Å². The Kier molecular flexibility index (Phi) is 2.77. The van der Waals surface area contributed by atoms with Gasteiger partial charge in [-0.25, -0.2) is 0 Å². The number of hydrogen-bond acceptors (Lipinski definition) is 2. The van der Waals surface area contributed by atoms with E-state index in [4.69, 9.17) is 10.4 Å². The maximum atomic E-state index is 12.3. The van der Waals surface area contributed by atoms with E-state index in [1.54, 1.807) is 0 Å². The molecule has 14 heavy (non-hydrogen) atoms. The highest BCUT2D eigenvalue weighted by Gasteiger charge is 2.34. The Balaban J connectivity index is 3.25. The summed E-state index contributed by atoms with van der Waals surface area (Å²) in [5.74, 6) is 0. The summed E-state index contributed by atoms with van der Waals surface area (Å²) in [5.41, 5.74) is -1.39. The molecule has 0 unspecified atom stereocenters. The minimum Gasteiger partial charge on any atom is -0.374 e. The van der Waals surface area contributed by atoms with Crippen LogP contribution in [0, 0.1) is 11.3 Å².